The summed E-state index contributed by atoms with van der Waals surface area (Å²) in [5, 5.41) is 9.54. The maximum atomic E-state index is 13.5. The molecular weight excluding hydrogens is 303 g/mol. The normalized spacial score (nSPS) is 10.8. The third-order valence-electron chi connectivity index (χ3n) is 2.60. The lowest BCUT2D eigenvalue weighted by Crippen LogP contribution is -2.04. The molecule has 0 saturated carbocycles. The molecule has 0 amide bonds. The largest absolute Gasteiger partial charge is 0.481 e. The predicted octanol–water partition coefficient (Wildman–Crippen LogP) is 3.40. The number of aliphatic carboxylic acids is 1. The van der Waals surface area contributed by atoms with Crippen molar-refractivity contribution in [2.45, 2.75) is 18.5 Å². The van der Waals surface area contributed by atoms with E-state index in [1.54, 1.807) is 16.8 Å². The Hall–Kier alpha value is -1.53. The molecule has 7 heteroatoms. The molecule has 1 heterocycles. The number of thioether (sulfide) groups is 1. The van der Waals surface area contributed by atoms with Crippen molar-refractivity contribution in [3.05, 3.63) is 40.9 Å². The first-order valence-corrected chi connectivity index (χ1v) is 7.25. The second-order valence-electron chi connectivity index (χ2n) is 4.03. The van der Waals surface area contributed by atoms with Crippen molar-refractivity contribution in [3.63, 3.8) is 0 Å². The van der Waals surface area contributed by atoms with Gasteiger partial charge in [-0.1, -0.05) is 30.3 Å². The minimum absolute atomic E-state index is 0.108. The SMILES string of the molecule is CCc1cnc(SCC(=O)O)n1-c1cc(F)cc(Cl)c1. The van der Waals surface area contributed by atoms with Crippen LogP contribution in [0.15, 0.2) is 29.6 Å². The van der Waals surface area contributed by atoms with Crippen LogP contribution in [0.4, 0.5) is 4.39 Å². The second kappa shape index (κ2) is 6.28. The average Bonchev–Trinajstić information content (AvgIpc) is 2.77. The highest BCUT2D eigenvalue weighted by Gasteiger charge is 2.14. The number of carbonyl (C=O) groups is 1. The first kappa shape index (κ1) is 14.9. The number of imidazole rings is 1. The molecule has 20 heavy (non-hydrogen) atoms. The highest BCUT2D eigenvalue weighted by Crippen LogP contribution is 2.26. The number of benzene rings is 1. The van der Waals surface area contributed by atoms with Gasteiger partial charge in [0, 0.05) is 16.9 Å². The van der Waals surface area contributed by atoms with E-state index in [2.05, 4.69) is 4.98 Å². The monoisotopic (exact) mass is 314 g/mol. The predicted molar refractivity (Wildman–Crippen MR) is 76.3 cm³/mol. The zero-order valence-electron chi connectivity index (χ0n) is 10.6. The Balaban J connectivity index is 2.47. The second-order valence-corrected chi connectivity index (χ2v) is 5.41. The van der Waals surface area contributed by atoms with E-state index < -0.39 is 11.8 Å². The number of carboxylic acids is 1. The maximum absolute atomic E-state index is 13.5. The van der Waals surface area contributed by atoms with Crippen molar-refractivity contribution in [3.8, 4) is 5.69 Å². The third-order valence-corrected chi connectivity index (χ3v) is 3.75. The first-order valence-electron chi connectivity index (χ1n) is 5.89. The van der Waals surface area contributed by atoms with Gasteiger partial charge in [-0.2, -0.15) is 0 Å². The zero-order valence-corrected chi connectivity index (χ0v) is 12.2. The van der Waals surface area contributed by atoms with Gasteiger partial charge in [-0.25, -0.2) is 9.37 Å². The minimum atomic E-state index is -0.931. The van der Waals surface area contributed by atoms with E-state index in [1.165, 1.54) is 12.1 Å². The molecule has 0 atom stereocenters. The zero-order chi connectivity index (χ0) is 14.7. The molecule has 0 aliphatic heterocycles. The van der Waals surface area contributed by atoms with Crippen molar-refractivity contribution >= 4 is 29.3 Å². The number of halogens is 2. The van der Waals surface area contributed by atoms with Crippen LogP contribution >= 0.6 is 23.4 Å². The molecule has 0 spiro atoms. The molecule has 0 radical (unpaired) electrons. The molecule has 1 aromatic heterocycles. The summed E-state index contributed by atoms with van der Waals surface area (Å²) in [6.45, 7) is 1.94. The number of aromatic nitrogens is 2. The number of nitrogens with zero attached hydrogens (tertiary/aromatic N) is 2. The summed E-state index contributed by atoms with van der Waals surface area (Å²) in [5.41, 5.74) is 1.40. The Morgan fingerprint density at radius 3 is 2.85 bits per heavy atom. The molecular formula is C13H12ClFN2O2S. The Bertz CT molecular complexity index is 625. The summed E-state index contributed by atoms with van der Waals surface area (Å²) < 4.78 is 15.2. The van der Waals surface area contributed by atoms with Crippen LogP contribution in [0.25, 0.3) is 5.69 Å². The van der Waals surface area contributed by atoms with Gasteiger partial charge in [-0.3, -0.25) is 9.36 Å². The molecule has 0 bridgehead atoms. The summed E-state index contributed by atoms with van der Waals surface area (Å²) in [4.78, 5) is 14.9. The minimum Gasteiger partial charge on any atom is -0.481 e. The van der Waals surface area contributed by atoms with Crippen molar-refractivity contribution in [1.82, 2.24) is 9.55 Å². The Morgan fingerprint density at radius 1 is 1.50 bits per heavy atom. The Kier molecular flexibility index (Phi) is 4.67. The summed E-state index contributed by atoms with van der Waals surface area (Å²) in [7, 11) is 0. The van der Waals surface area contributed by atoms with E-state index in [9.17, 15) is 9.18 Å². The van der Waals surface area contributed by atoms with Gasteiger partial charge in [-0.15, -0.1) is 0 Å². The van der Waals surface area contributed by atoms with Gasteiger partial charge in [0.25, 0.3) is 0 Å². The fourth-order valence-electron chi connectivity index (χ4n) is 1.79. The quantitative estimate of drug-likeness (QED) is 0.859. The highest BCUT2D eigenvalue weighted by atomic mass is 35.5. The van der Waals surface area contributed by atoms with Gasteiger partial charge in [-0.05, 0) is 24.6 Å². The fourth-order valence-corrected chi connectivity index (χ4v) is 2.74. The van der Waals surface area contributed by atoms with E-state index in [0.717, 1.165) is 17.5 Å². The average molecular weight is 315 g/mol. The Labute approximate surface area is 124 Å². The number of carboxylic acid groups (broad SMARTS) is 1. The van der Waals surface area contributed by atoms with E-state index in [4.69, 9.17) is 16.7 Å². The summed E-state index contributed by atoms with van der Waals surface area (Å²) in [6.07, 6.45) is 2.34. The van der Waals surface area contributed by atoms with Gasteiger partial charge in [0.05, 0.1) is 11.4 Å². The lowest BCUT2D eigenvalue weighted by Gasteiger charge is -2.11. The fraction of sp³-hybridized carbons (Fsp3) is 0.231. The lowest BCUT2D eigenvalue weighted by molar-refractivity contribution is -0.133. The molecule has 2 rings (SSSR count). The molecule has 0 saturated heterocycles. The molecule has 0 aliphatic carbocycles. The van der Waals surface area contributed by atoms with Gasteiger partial charge in [0.15, 0.2) is 5.16 Å². The summed E-state index contributed by atoms with van der Waals surface area (Å²) in [6, 6.07) is 4.19. The summed E-state index contributed by atoms with van der Waals surface area (Å²) >= 11 is 6.95. The molecule has 0 unspecified atom stereocenters. The third kappa shape index (κ3) is 3.32. The molecule has 106 valence electrons. The van der Waals surface area contributed by atoms with Crippen LogP contribution < -0.4 is 0 Å². The van der Waals surface area contributed by atoms with Crippen molar-refractivity contribution in [2.75, 3.05) is 5.75 Å². The van der Waals surface area contributed by atoms with Crippen LogP contribution in [0.2, 0.25) is 5.02 Å². The molecule has 2 aromatic rings. The van der Waals surface area contributed by atoms with Crippen LogP contribution in [0.3, 0.4) is 0 Å². The van der Waals surface area contributed by atoms with Crippen LogP contribution in [0.5, 0.6) is 0 Å². The van der Waals surface area contributed by atoms with E-state index in [-0.39, 0.29) is 10.8 Å². The first-order chi connectivity index (χ1) is 9.51. The maximum Gasteiger partial charge on any atom is 0.313 e. The van der Waals surface area contributed by atoms with Crippen LogP contribution in [0.1, 0.15) is 12.6 Å². The van der Waals surface area contributed by atoms with Crippen LogP contribution in [0, 0.1) is 5.82 Å². The van der Waals surface area contributed by atoms with Gasteiger partial charge in [0.1, 0.15) is 5.82 Å². The highest BCUT2D eigenvalue weighted by molar-refractivity contribution is 7.99. The van der Waals surface area contributed by atoms with Crippen molar-refractivity contribution in [2.24, 2.45) is 0 Å². The topological polar surface area (TPSA) is 55.1 Å². The smallest absolute Gasteiger partial charge is 0.313 e. The lowest BCUT2D eigenvalue weighted by atomic mass is 10.3. The number of rotatable bonds is 5. The molecule has 1 N–H and O–H groups in total. The molecule has 4 nitrogen and oxygen atoms in total. The van der Waals surface area contributed by atoms with E-state index in [1.807, 2.05) is 6.92 Å². The number of aryl methyl sites for hydroxylation is 1. The van der Waals surface area contributed by atoms with Gasteiger partial charge < -0.3 is 5.11 Å². The molecule has 0 aliphatic rings. The number of hydrogen-bond acceptors (Lipinski definition) is 3. The Morgan fingerprint density at radius 2 is 2.25 bits per heavy atom. The standard InChI is InChI=1S/C13H12ClFN2O2S/c1-2-10-6-16-13(20-7-12(18)19)17(10)11-4-8(14)3-9(15)5-11/h3-6H,2,7H2,1H3,(H,18,19). The number of hydrogen-bond donors (Lipinski definition) is 1. The van der Waals surface area contributed by atoms with Crippen LogP contribution in [-0.4, -0.2) is 26.4 Å². The van der Waals surface area contributed by atoms with Crippen molar-refractivity contribution in [1.29, 1.82) is 0 Å². The summed E-state index contributed by atoms with van der Waals surface area (Å²) in [5.74, 6) is -1.49. The van der Waals surface area contributed by atoms with Gasteiger partial charge >= 0.3 is 5.97 Å². The van der Waals surface area contributed by atoms with E-state index in [0.29, 0.717) is 17.3 Å². The molecule has 0 fully saturated rings. The van der Waals surface area contributed by atoms with Gasteiger partial charge in [0.2, 0.25) is 0 Å². The van der Waals surface area contributed by atoms with Crippen LogP contribution in [-0.2, 0) is 11.2 Å². The molecule has 1 aromatic carbocycles. The van der Waals surface area contributed by atoms with E-state index >= 15 is 0 Å². The van der Waals surface area contributed by atoms with Crippen molar-refractivity contribution < 1.29 is 14.3 Å².